The van der Waals surface area contributed by atoms with Crippen molar-refractivity contribution < 1.29 is 0 Å². The van der Waals surface area contributed by atoms with E-state index in [1.54, 1.807) is 0 Å². The normalized spacial score (nSPS) is 7.22. The van der Waals surface area contributed by atoms with Gasteiger partial charge in [-0.3, -0.25) is 0 Å². The van der Waals surface area contributed by atoms with Gasteiger partial charge in [-0.15, -0.1) is 17.7 Å². The minimum Gasteiger partial charge on any atom is -0.385 e. The Hall–Kier alpha value is -0.690. The Morgan fingerprint density at radius 2 is 2.33 bits per heavy atom. The number of aromatic nitrogens is 4. The quantitative estimate of drug-likeness (QED) is 0.350. The first-order valence-electron chi connectivity index (χ1n) is 1.89. The topological polar surface area (TPSA) is 80.5 Å². The molecule has 0 saturated heterocycles. The van der Waals surface area contributed by atoms with E-state index in [-0.39, 0.29) is 4.32 Å². The smallest absolute Gasteiger partial charge is 0.135 e. The maximum Gasteiger partial charge on any atom is 0.135 e. The third-order valence-corrected chi connectivity index (χ3v) is 0.270. The van der Waals surface area contributed by atoms with Crippen molar-refractivity contribution in [1.82, 2.24) is 20.6 Å². The van der Waals surface area contributed by atoms with Gasteiger partial charge in [0.2, 0.25) is 0 Å². The summed E-state index contributed by atoms with van der Waals surface area (Å²) in [6, 6.07) is 0. The Kier molecular flexibility index (Phi) is 5.03. The SMILES string of the molecule is NC(=S)S.c1nnn[nH]1. The van der Waals surface area contributed by atoms with Crippen LogP contribution in [0.15, 0.2) is 6.33 Å². The Morgan fingerprint density at radius 1 is 1.78 bits per heavy atom. The molecule has 50 valence electrons. The molecule has 0 bridgehead atoms. The van der Waals surface area contributed by atoms with Crippen molar-refractivity contribution >= 4 is 29.2 Å². The standard InChI is InChI=1S/CH2N4.CH3NS2/c1-2-4-5-3-1;2-1(3)4/h1H,(H,2,3,4,5);(H3,2,3,4). The lowest BCUT2D eigenvalue weighted by Crippen LogP contribution is -1.94. The zero-order valence-corrected chi connectivity index (χ0v) is 6.06. The van der Waals surface area contributed by atoms with Crippen LogP contribution in [0.5, 0.6) is 0 Å². The van der Waals surface area contributed by atoms with Crippen LogP contribution in [0.1, 0.15) is 0 Å². The molecular formula is C2H5N5S2. The number of nitrogens with zero attached hydrogens (tertiary/aromatic N) is 3. The van der Waals surface area contributed by atoms with E-state index in [0.29, 0.717) is 0 Å². The van der Waals surface area contributed by atoms with Crippen LogP contribution in [0.4, 0.5) is 0 Å². The molecule has 0 spiro atoms. The van der Waals surface area contributed by atoms with Crippen LogP contribution in [-0.4, -0.2) is 24.9 Å². The molecule has 0 aliphatic heterocycles. The average molecular weight is 163 g/mol. The van der Waals surface area contributed by atoms with Gasteiger partial charge in [-0.05, 0) is 10.4 Å². The Balaban J connectivity index is 0.000000148. The summed E-state index contributed by atoms with van der Waals surface area (Å²) in [4.78, 5) is 0. The lowest BCUT2D eigenvalue weighted by Gasteiger charge is -1.64. The molecule has 0 radical (unpaired) electrons. The summed E-state index contributed by atoms with van der Waals surface area (Å²) in [5, 5.41) is 12.1. The van der Waals surface area contributed by atoms with Gasteiger partial charge in [-0.25, -0.2) is 5.10 Å². The molecule has 1 aromatic rings. The van der Waals surface area contributed by atoms with Crippen molar-refractivity contribution in [2.24, 2.45) is 5.73 Å². The van der Waals surface area contributed by atoms with Gasteiger partial charge < -0.3 is 5.73 Å². The summed E-state index contributed by atoms with van der Waals surface area (Å²) in [5.41, 5.74) is 4.71. The number of hydrogen-bond donors (Lipinski definition) is 3. The van der Waals surface area contributed by atoms with Crippen molar-refractivity contribution in [2.45, 2.75) is 0 Å². The molecule has 1 heterocycles. The summed E-state index contributed by atoms with van der Waals surface area (Å²) in [6.45, 7) is 0. The molecule has 0 saturated carbocycles. The lowest BCUT2D eigenvalue weighted by molar-refractivity contribution is 0.881. The zero-order chi connectivity index (χ0) is 7.11. The minimum atomic E-state index is 0.194. The number of nitrogens with one attached hydrogen (secondary N) is 1. The molecule has 0 aromatic carbocycles. The number of rotatable bonds is 0. The van der Waals surface area contributed by atoms with Crippen LogP contribution in [0.3, 0.4) is 0 Å². The van der Waals surface area contributed by atoms with Crippen LogP contribution in [-0.2, 0) is 0 Å². The second-order valence-electron chi connectivity index (χ2n) is 0.901. The summed E-state index contributed by atoms with van der Waals surface area (Å²) >= 11 is 7.65. The van der Waals surface area contributed by atoms with E-state index < -0.39 is 0 Å². The minimum absolute atomic E-state index is 0.194. The second kappa shape index (κ2) is 5.45. The van der Waals surface area contributed by atoms with E-state index in [2.05, 4.69) is 45.5 Å². The van der Waals surface area contributed by atoms with Crippen LogP contribution in [0, 0.1) is 0 Å². The van der Waals surface area contributed by atoms with Gasteiger partial charge in [0.1, 0.15) is 10.6 Å². The van der Waals surface area contributed by atoms with Gasteiger partial charge >= 0.3 is 0 Å². The number of H-pyrrole nitrogens is 1. The van der Waals surface area contributed by atoms with Crippen molar-refractivity contribution in [3.63, 3.8) is 0 Å². The number of tetrazole rings is 1. The Bertz CT molecular complexity index is 127. The summed E-state index contributed by atoms with van der Waals surface area (Å²) in [6.07, 6.45) is 1.40. The predicted octanol–water partition coefficient (Wildman–Crippen LogP) is -0.641. The van der Waals surface area contributed by atoms with E-state index in [9.17, 15) is 0 Å². The molecule has 0 amide bonds. The predicted molar refractivity (Wildman–Crippen MR) is 39.9 cm³/mol. The Labute approximate surface area is 62.4 Å². The van der Waals surface area contributed by atoms with Gasteiger partial charge in [-0.2, -0.15) is 0 Å². The van der Waals surface area contributed by atoms with E-state index in [4.69, 9.17) is 5.73 Å². The van der Waals surface area contributed by atoms with Crippen molar-refractivity contribution in [3.8, 4) is 0 Å². The van der Waals surface area contributed by atoms with Gasteiger partial charge in [0.25, 0.3) is 0 Å². The number of nitrogens with two attached hydrogens (primary N) is 1. The number of thiocarbonyl (C=S) groups is 1. The average Bonchev–Trinajstić information content (AvgIpc) is 2.11. The molecule has 0 aliphatic rings. The number of aromatic amines is 1. The third-order valence-electron chi connectivity index (χ3n) is 0.270. The van der Waals surface area contributed by atoms with Gasteiger partial charge in [0.05, 0.1) is 0 Å². The van der Waals surface area contributed by atoms with Gasteiger partial charge in [0.15, 0.2) is 0 Å². The maximum absolute atomic E-state index is 4.71. The highest BCUT2D eigenvalue weighted by Gasteiger charge is 1.58. The van der Waals surface area contributed by atoms with E-state index in [1.165, 1.54) is 6.33 Å². The fraction of sp³-hybridized carbons (Fsp3) is 0. The molecule has 3 N–H and O–H groups in total. The molecule has 0 atom stereocenters. The van der Waals surface area contributed by atoms with Crippen LogP contribution in [0.2, 0.25) is 0 Å². The first kappa shape index (κ1) is 8.31. The molecular weight excluding hydrogens is 158 g/mol. The summed E-state index contributed by atoms with van der Waals surface area (Å²) in [7, 11) is 0. The zero-order valence-electron chi connectivity index (χ0n) is 4.35. The molecule has 9 heavy (non-hydrogen) atoms. The highest BCUT2D eigenvalue weighted by Crippen LogP contribution is 1.63. The summed E-state index contributed by atoms with van der Waals surface area (Å²) in [5.74, 6) is 0. The van der Waals surface area contributed by atoms with Crippen molar-refractivity contribution in [1.29, 1.82) is 0 Å². The highest BCUT2D eigenvalue weighted by molar-refractivity contribution is 8.10. The maximum atomic E-state index is 4.71. The highest BCUT2D eigenvalue weighted by atomic mass is 32.1. The molecule has 0 fully saturated rings. The third kappa shape index (κ3) is 11.1. The first-order valence-corrected chi connectivity index (χ1v) is 2.74. The monoisotopic (exact) mass is 163 g/mol. The van der Waals surface area contributed by atoms with Crippen LogP contribution < -0.4 is 5.73 Å². The molecule has 1 rings (SSSR count). The second-order valence-corrected chi connectivity index (χ2v) is 2.13. The van der Waals surface area contributed by atoms with Crippen LogP contribution in [0.25, 0.3) is 0 Å². The largest absolute Gasteiger partial charge is 0.385 e. The number of thiol groups is 1. The molecule has 1 aromatic heterocycles. The molecule has 0 aliphatic carbocycles. The lowest BCUT2D eigenvalue weighted by atomic mass is 11.4. The van der Waals surface area contributed by atoms with Crippen LogP contribution >= 0.6 is 24.8 Å². The van der Waals surface area contributed by atoms with Crippen molar-refractivity contribution in [3.05, 3.63) is 6.33 Å². The first-order chi connectivity index (χ1) is 4.23. The Morgan fingerprint density at radius 3 is 2.44 bits per heavy atom. The van der Waals surface area contributed by atoms with Gasteiger partial charge in [-0.1, -0.05) is 12.2 Å². The fourth-order valence-corrected chi connectivity index (χ4v) is 0.129. The van der Waals surface area contributed by atoms with Gasteiger partial charge in [0, 0.05) is 0 Å². The number of hydrogen-bond acceptors (Lipinski definition) is 4. The molecule has 5 nitrogen and oxygen atoms in total. The van der Waals surface area contributed by atoms with E-state index >= 15 is 0 Å². The van der Waals surface area contributed by atoms with E-state index in [1.807, 2.05) is 0 Å². The molecule has 0 unspecified atom stereocenters. The molecule has 7 heteroatoms. The van der Waals surface area contributed by atoms with Crippen molar-refractivity contribution in [2.75, 3.05) is 0 Å². The fourth-order valence-electron chi connectivity index (χ4n) is 0.129. The van der Waals surface area contributed by atoms with E-state index in [0.717, 1.165) is 0 Å². The summed E-state index contributed by atoms with van der Waals surface area (Å²) < 4.78 is 0.194.